The monoisotopic (exact) mass is 325 g/mol. The minimum Gasteiger partial charge on any atom is -0.382 e. The van der Waals surface area contributed by atoms with Crippen LogP contribution in [0.3, 0.4) is 0 Å². The summed E-state index contributed by atoms with van der Waals surface area (Å²) in [5.74, 6) is 1.54. The molecule has 6 nitrogen and oxygen atoms in total. The van der Waals surface area contributed by atoms with E-state index in [0.717, 1.165) is 66.4 Å². The molecule has 0 fully saturated rings. The summed E-state index contributed by atoms with van der Waals surface area (Å²) >= 11 is 0. The Kier molecular flexibility index (Phi) is 4.93. The molecule has 0 unspecified atom stereocenters. The van der Waals surface area contributed by atoms with Gasteiger partial charge in [-0.25, -0.2) is 9.97 Å². The molecular weight excluding hydrogens is 302 g/mol. The van der Waals surface area contributed by atoms with Crippen molar-refractivity contribution in [3.8, 4) is 0 Å². The van der Waals surface area contributed by atoms with Gasteiger partial charge in [0.1, 0.15) is 11.3 Å². The molecule has 6 heteroatoms. The summed E-state index contributed by atoms with van der Waals surface area (Å²) in [4.78, 5) is 19.6. The number of fused-ring (bicyclic) bond motifs is 3. The largest absolute Gasteiger partial charge is 0.382 e. The summed E-state index contributed by atoms with van der Waals surface area (Å²) in [6.07, 6.45) is 4.59. The molecule has 0 aliphatic carbocycles. The maximum absolute atomic E-state index is 10.3. The molecule has 0 saturated carbocycles. The Balaban J connectivity index is 2.05. The highest BCUT2D eigenvalue weighted by Gasteiger charge is 2.16. The Labute approximate surface area is 141 Å². The van der Waals surface area contributed by atoms with Gasteiger partial charge >= 0.3 is 0 Å². The number of carbonyl (C=O) groups is 1. The van der Waals surface area contributed by atoms with E-state index in [1.54, 1.807) is 0 Å². The van der Waals surface area contributed by atoms with E-state index < -0.39 is 0 Å². The van der Waals surface area contributed by atoms with Gasteiger partial charge in [-0.15, -0.1) is 0 Å². The van der Waals surface area contributed by atoms with Gasteiger partial charge in [-0.2, -0.15) is 0 Å². The number of nitrogens with one attached hydrogen (secondary N) is 1. The van der Waals surface area contributed by atoms with Crippen molar-refractivity contribution in [2.75, 3.05) is 12.3 Å². The summed E-state index contributed by atoms with van der Waals surface area (Å²) in [6, 6.07) is 8.05. The number of hydrogen-bond acceptors (Lipinski definition) is 4. The molecule has 2 heterocycles. The van der Waals surface area contributed by atoms with E-state index in [4.69, 9.17) is 10.7 Å². The molecule has 0 aliphatic heterocycles. The molecule has 3 rings (SSSR count). The summed E-state index contributed by atoms with van der Waals surface area (Å²) in [5.41, 5.74) is 8.93. The van der Waals surface area contributed by atoms with Crippen LogP contribution in [0.5, 0.6) is 0 Å². The van der Waals surface area contributed by atoms with Gasteiger partial charge in [-0.1, -0.05) is 25.1 Å². The van der Waals surface area contributed by atoms with Crippen LogP contribution in [0.1, 0.15) is 32.0 Å². The number of pyridine rings is 1. The quantitative estimate of drug-likeness (QED) is 0.492. The Hall–Kier alpha value is -2.63. The first-order valence-electron chi connectivity index (χ1n) is 8.46. The van der Waals surface area contributed by atoms with Crippen LogP contribution in [0, 0.1) is 0 Å². The number of rotatable bonds is 8. The van der Waals surface area contributed by atoms with Crippen molar-refractivity contribution in [3.63, 3.8) is 0 Å². The molecular formula is C18H23N5O. The molecule has 3 N–H and O–H groups in total. The highest BCUT2D eigenvalue weighted by atomic mass is 16.1. The number of nitrogens with two attached hydrogens (primary N) is 1. The van der Waals surface area contributed by atoms with Crippen LogP contribution in [0.4, 0.5) is 5.82 Å². The molecule has 2 aromatic heterocycles. The highest BCUT2D eigenvalue weighted by molar-refractivity contribution is 6.06. The molecule has 0 spiro atoms. The lowest BCUT2D eigenvalue weighted by molar-refractivity contribution is -0.109. The van der Waals surface area contributed by atoms with Crippen molar-refractivity contribution in [1.29, 1.82) is 0 Å². The maximum Gasteiger partial charge on any atom is 0.207 e. The van der Waals surface area contributed by atoms with E-state index in [-0.39, 0.29) is 0 Å². The van der Waals surface area contributed by atoms with Crippen LogP contribution in [0.25, 0.3) is 21.9 Å². The van der Waals surface area contributed by atoms with E-state index in [9.17, 15) is 4.79 Å². The Bertz CT molecular complexity index is 855. The molecule has 0 aliphatic rings. The summed E-state index contributed by atoms with van der Waals surface area (Å²) in [5, 5.41) is 3.79. The van der Waals surface area contributed by atoms with E-state index in [1.165, 1.54) is 0 Å². The number of aryl methyl sites for hydroxylation is 2. The predicted molar refractivity (Wildman–Crippen MR) is 96.7 cm³/mol. The van der Waals surface area contributed by atoms with E-state index in [1.807, 2.05) is 18.2 Å². The zero-order valence-corrected chi connectivity index (χ0v) is 14.0. The maximum atomic E-state index is 10.3. The summed E-state index contributed by atoms with van der Waals surface area (Å²) in [6.45, 7) is 3.71. The van der Waals surface area contributed by atoms with Crippen LogP contribution in [-0.2, 0) is 17.8 Å². The number of nitrogen functional groups attached to an aromatic ring is 1. The fraction of sp³-hybridized carbons (Fsp3) is 0.389. The standard InChI is InChI=1S/C18H23N5O/c1-2-7-15-22-16-17(23(15)11-6-5-10-20-12-24)13-8-3-4-9-14(13)21-18(16)19/h3-4,8-9,12H,2,5-7,10-11H2,1H3,(H2,19,21)(H,20,24). The third kappa shape index (κ3) is 3.04. The summed E-state index contributed by atoms with van der Waals surface area (Å²) < 4.78 is 2.28. The number of aromatic nitrogens is 3. The van der Waals surface area contributed by atoms with Crippen molar-refractivity contribution in [1.82, 2.24) is 19.9 Å². The van der Waals surface area contributed by atoms with E-state index in [0.29, 0.717) is 12.4 Å². The normalized spacial score (nSPS) is 11.2. The van der Waals surface area contributed by atoms with E-state index in [2.05, 4.69) is 27.9 Å². The first kappa shape index (κ1) is 16.2. The average molecular weight is 325 g/mol. The SMILES string of the molecule is CCCc1nc2c(N)nc3ccccc3c2n1CCCCNC=O. The number of para-hydroxylation sites is 1. The lowest BCUT2D eigenvalue weighted by Gasteiger charge is -2.10. The highest BCUT2D eigenvalue weighted by Crippen LogP contribution is 2.29. The predicted octanol–water partition coefficient (Wildman–Crippen LogP) is 2.65. The molecule has 0 bridgehead atoms. The second kappa shape index (κ2) is 7.29. The molecule has 1 amide bonds. The van der Waals surface area contributed by atoms with Crippen LogP contribution >= 0.6 is 0 Å². The van der Waals surface area contributed by atoms with Crippen molar-refractivity contribution >= 4 is 34.2 Å². The number of carbonyl (C=O) groups excluding carboxylic acids is 1. The summed E-state index contributed by atoms with van der Waals surface area (Å²) in [7, 11) is 0. The average Bonchev–Trinajstić information content (AvgIpc) is 2.95. The molecule has 0 saturated heterocycles. The number of hydrogen-bond donors (Lipinski definition) is 2. The van der Waals surface area contributed by atoms with Gasteiger partial charge in [0.25, 0.3) is 0 Å². The van der Waals surface area contributed by atoms with Gasteiger partial charge in [-0.3, -0.25) is 4.79 Å². The molecule has 0 atom stereocenters. The third-order valence-electron chi connectivity index (χ3n) is 4.20. The fourth-order valence-corrected chi connectivity index (χ4v) is 3.12. The van der Waals surface area contributed by atoms with Crippen molar-refractivity contribution in [2.24, 2.45) is 0 Å². The lowest BCUT2D eigenvalue weighted by atomic mass is 10.2. The van der Waals surface area contributed by atoms with Gasteiger partial charge < -0.3 is 15.6 Å². The second-order valence-corrected chi connectivity index (χ2v) is 5.92. The topological polar surface area (TPSA) is 85.8 Å². The van der Waals surface area contributed by atoms with Gasteiger partial charge in [0.15, 0.2) is 5.82 Å². The van der Waals surface area contributed by atoms with Crippen molar-refractivity contribution < 1.29 is 4.79 Å². The Morgan fingerprint density at radius 1 is 1.25 bits per heavy atom. The molecule has 3 aromatic rings. The number of anilines is 1. The first-order valence-corrected chi connectivity index (χ1v) is 8.46. The Morgan fingerprint density at radius 3 is 2.88 bits per heavy atom. The molecule has 24 heavy (non-hydrogen) atoms. The number of amides is 1. The van der Waals surface area contributed by atoms with Gasteiger partial charge in [0.2, 0.25) is 6.41 Å². The fourth-order valence-electron chi connectivity index (χ4n) is 3.12. The number of imidazole rings is 1. The van der Waals surface area contributed by atoms with Crippen molar-refractivity contribution in [3.05, 3.63) is 30.1 Å². The van der Waals surface area contributed by atoms with Crippen LogP contribution in [-0.4, -0.2) is 27.5 Å². The number of nitrogens with zero attached hydrogens (tertiary/aromatic N) is 3. The number of benzene rings is 1. The number of unbranched alkanes of at least 4 members (excludes halogenated alkanes) is 1. The Morgan fingerprint density at radius 2 is 2.08 bits per heavy atom. The first-order chi connectivity index (χ1) is 11.8. The molecule has 126 valence electrons. The second-order valence-electron chi connectivity index (χ2n) is 5.92. The van der Waals surface area contributed by atoms with Gasteiger partial charge in [0, 0.05) is 24.9 Å². The minimum atomic E-state index is 0.488. The van der Waals surface area contributed by atoms with Gasteiger partial charge in [0.05, 0.1) is 11.0 Å². The van der Waals surface area contributed by atoms with Crippen LogP contribution < -0.4 is 11.1 Å². The van der Waals surface area contributed by atoms with Crippen molar-refractivity contribution in [2.45, 2.75) is 39.2 Å². The lowest BCUT2D eigenvalue weighted by Crippen LogP contribution is -2.13. The van der Waals surface area contributed by atoms with Crippen LogP contribution in [0.15, 0.2) is 24.3 Å². The minimum absolute atomic E-state index is 0.488. The van der Waals surface area contributed by atoms with Crippen LogP contribution in [0.2, 0.25) is 0 Å². The zero-order chi connectivity index (χ0) is 16.9. The smallest absolute Gasteiger partial charge is 0.207 e. The molecule has 0 radical (unpaired) electrons. The van der Waals surface area contributed by atoms with Gasteiger partial charge in [-0.05, 0) is 25.3 Å². The third-order valence-corrected chi connectivity index (χ3v) is 4.20. The molecule has 1 aromatic carbocycles. The zero-order valence-electron chi connectivity index (χ0n) is 14.0. The van der Waals surface area contributed by atoms with E-state index >= 15 is 0 Å².